The summed E-state index contributed by atoms with van der Waals surface area (Å²) in [6, 6.07) is 6.72. The molecule has 0 fully saturated rings. The molecule has 2 N–H and O–H groups in total. The Kier molecular flexibility index (Phi) is 4.55. The number of aromatic nitrogens is 2. The summed E-state index contributed by atoms with van der Waals surface area (Å²) >= 11 is 3.51. The minimum atomic E-state index is 0.300. The minimum Gasteiger partial charge on any atom is -0.349 e. The van der Waals surface area contributed by atoms with Crippen LogP contribution in [0.2, 0.25) is 0 Å². The molecule has 3 nitrogen and oxygen atoms in total. The van der Waals surface area contributed by atoms with Crippen LogP contribution in [0.5, 0.6) is 0 Å². The number of benzene rings is 1. The van der Waals surface area contributed by atoms with Crippen LogP contribution in [0.3, 0.4) is 0 Å². The van der Waals surface area contributed by atoms with E-state index in [9.17, 15) is 0 Å². The third-order valence-electron chi connectivity index (χ3n) is 3.01. The largest absolute Gasteiger partial charge is 0.349 e. The number of likely N-dealkylation sites (N-methyl/N-ethyl adjacent to an activating group) is 1. The number of imidazole rings is 1. The zero-order valence-electron chi connectivity index (χ0n) is 10.7. The van der Waals surface area contributed by atoms with Crippen molar-refractivity contribution in [2.75, 3.05) is 6.54 Å². The van der Waals surface area contributed by atoms with Gasteiger partial charge in [-0.05, 0) is 36.7 Å². The van der Waals surface area contributed by atoms with Gasteiger partial charge in [-0.25, -0.2) is 4.98 Å². The number of halogens is 1. The standard InChI is InChI=1S/C14H18BrN3/c1-3-16-13(9-14-17-6-7-18-14)12-5-4-11(15)8-10(12)2/h4-8,13,16H,3,9H2,1-2H3,(H,17,18). The van der Waals surface area contributed by atoms with E-state index in [1.54, 1.807) is 6.20 Å². The number of nitrogens with zero attached hydrogens (tertiary/aromatic N) is 1. The Morgan fingerprint density at radius 2 is 2.28 bits per heavy atom. The lowest BCUT2D eigenvalue weighted by Gasteiger charge is -2.19. The highest BCUT2D eigenvalue weighted by Crippen LogP contribution is 2.23. The molecule has 1 heterocycles. The predicted octanol–water partition coefficient (Wildman–Crippen LogP) is 3.37. The fraction of sp³-hybridized carbons (Fsp3) is 0.357. The molecule has 2 rings (SSSR count). The molecular weight excluding hydrogens is 290 g/mol. The first-order valence-electron chi connectivity index (χ1n) is 6.18. The summed E-state index contributed by atoms with van der Waals surface area (Å²) < 4.78 is 1.12. The summed E-state index contributed by atoms with van der Waals surface area (Å²) in [6.07, 6.45) is 4.54. The van der Waals surface area contributed by atoms with Gasteiger partial charge in [-0.2, -0.15) is 0 Å². The first-order chi connectivity index (χ1) is 8.70. The average Bonchev–Trinajstić information content (AvgIpc) is 2.81. The van der Waals surface area contributed by atoms with Gasteiger partial charge in [-0.3, -0.25) is 0 Å². The molecule has 2 aromatic rings. The second-order valence-corrected chi connectivity index (χ2v) is 5.27. The van der Waals surface area contributed by atoms with E-state index in [1.165, 1.54) is 11.1 Å². The highest BCUT2D eigenvalue weighted by atomic mass is 79.9. The normalized spacial score (nSPS) is 12.6. The Balaban J connectivity index is 2.23. The number of nitrogens with one attached hydrogen (secondary N) is 2. The van der Waals surface area contributed by atoms with E-state index in [0.29, 0.717) is 6.04 Å². The van der Waals surface area contributed by atoms with Crippen molar-refractivity contribution in [1.82, 2.24) is 15.3 Å². The smallest absolute Gasteiger partial charge is 0.107 e. The Labute approximate surface area is 116 Å². The predicted molar refractivity (Wildman–Crippen MR) is 77.6 cm³/mol. The Morgan fingerprint density at radius 1 is 1.44 bits per heavy atom. The molecule has 1 aromatic heterocycles. The highest BCUT2D eigenvalue weighted by Gasteiger charge is 2.14. The molecule has 0 aliphatic rings. The summed E-state index contributed by atoms with van der Waals surface area (Å²) in [4.78, 5) is 7.47. The zero-order valence-corrected chi connectivity index (χ0v) is 12.3. The maximum Gasteiger partial charge on any atom is 0.107 e. The van der Waals surface area contributed by atoms with Crippen molar-refractivity contribution in [2.24, 2.45) is 0 Å². The molecule has 0 bridgehead atoms. The molecule has 0 spiro atoms. The summed E-state index contributed by atoms with van der Waals surface area (Å²) in [5, 5.41) is 3.52. The van der Waals surface area contributed by atoms with Crippen molar-refractivity contribution in [3.8, 4) is 0 Å². The van der Waals surface area contributed by atoms with Crippen LogP contribution >= 0.6 is 15.9 Å². The van der Waals surface area contributed by atoms with Crippen LogP contribution in [-0.4, -0.2) is 16.5 Å². The Hall–Kier alpha value is -1.13. The molecule has 1 atom stereocenters. The first-order valence-corrected chi connectivity index (χ1v) is 6.97. The lowest BCUT2D eigenvalue weighted by atomic mass is 9.98. The fourth-order valence-electron chi connectivity index (χ4n) is 2.17. The van der Waals surface area contributed by atoms with E-state index in [-0.39, 0.29) is 0 Å². The second kappa shape index (κ2) is 6.16. The van der Waals surface area contributed by atoms with Crippen LogP contribution in [0.25, 0.3) is 0 Å². The van der Waals surface area contributed by atoms with E-state index in [1.807, 2.05) is 6.20 Å². The van der Waals surface area contributed by atoms with E-state index < -0.39 is 0 Å². The van der Waals surface area contributed by atoms with Gasteiger partial charge in [0.1, 0.15) is 5.82 Å². The molecule has 0 aliphatic heterocycles. The van der Waals surface area contributed by atoms with Gasteiger partial charge in [0.25, 0.3) is 0 Å². The van der Waals surface area contributed by atoms with E-state index in [4.69, 9.17) is 0 Å². The van der Waals surface area contributed by atoms with Crippen molar-refractivity contribution in [2.45, 2.75) is 26.3 Å². The van der Waals surface area contributed by atoms with Crippen LogP contribution < -0.4 is 5.32 Å². The van der Waals surface area contributed by atoms with Gasteiger partial charge in [0.05, 0.1) is 0 Å². The summed E-state index contributed by atoms with van der Waals surface area (Å²) in [5.74, 6) is 1.02. The van der Waals surface area contributed by atoms with Crippen molar-refractivity contribution >= 4 is 15.9 Å². The van der Waals surface area contributed by atoms with Crippen molar-refractivity contribution < 1.29 is 0 Å². The quantitative estimate of drug-likeness (QED) is 0.889. The van der Waals surface area contributed by atoms with Crippen LogP contribution in [0, 0.1) is 6.92 Å². The maximum atomic E-state index is 4.31. The molecule has 4 heteroatoms. The average molecular weight is 308 g/mol. The first kappa shape index (κ1) is 13.3. The zero-order chi connectivity index (χ0) is 13.0. The molecule has 0 radical (unpaired) electrons. The number of hydrogen-bond acceptors (Lipinski definition) is 2. The minimum absolute atomic E-state index is 0.300. The molecule has 0 amide bonds. The van der Waals surface area contributed by atoms with E-state index in [0.717, 1.165) is 23.3 Å². The number of aryl methyl sites for hydroxylation is 1. The molecule has 96 valence electrons. The van der Waals surface area contributed by atoms with Gasteiger partial charge in [0, 0.05) is 29.3 Å². The molecule has 18 heavy (non-hydrogen) atoms. The molecule has 0 saturated carbocycles. The molecule has 0 saturated heterocycles. The van der Waals surface area contributed by atoms with Crippen LogP contribution in [0.4, 0.5) is 0 Å². The van der Waals surface area contributed by atoms with Gasteiger partial charge >= 0.3 is 0 Å². The topological polar surface area (TPSA) is 40.7 Å². The van der Waals surface area contributed by atoms with Crippen molar-refractivity contribution in [3.63, 3.8) is 0 Å². The SMILES string of the molecule is CCNC(Cc1ncc[nH]1)c1ccc(Br)cc1C. The van der Waals surface area contributed by atoms with Gasteiger partial charge in [-0.1, -0.05) is 28.9 Å². The van der Waals surface area contributed by atoms with Gasteiger partial charge in [-0.15, -0.1) is 0 Å². The summed E-state index contributed by atoms with van der Waals surface area (Å²) in [5.41, 5.74) is 2.62. The van der Waals surface area contributed by atoms with Crippen LogP contribution in [0.15, 0.2) is 35.1 Å². The Morgan fingerprint density at radius 3 is 2.89 bits per heavy atom. The summed E-state index contributed by atoms with van der Waals surface area (Å²) in [7, 11) is 0. The number of aromatic amines is 1. The lowest BCUT2D eigenvalue weighted by molar-refractivity contribution is 0.537. The van der Waals surface area contributed by atoms with Gasteiger partial charge in [0.15, 0.2) is 0 Å². The molecule has 1 aromatic carbocycles. The summed E-state index contributed by atoms with van der Waals surface area (Å²) in [6.45, 7) is 5.22. The molecule has 0 aliphatic carbocycles. The Bertz CT molecular complexity index is 494. The maximum absolute atomic E-state index is 4.31. The van der Waals surface area contributed by atoms with Crippen molar-refractivity contribution in [3.05, 3.63) is 52.0 Å². The molecule has 1 unspecified atom stereocenters. The van der Waals surface area contributed by atoms with Gasteiger partial charge < -0.3 is 10.3 Å². The third-order valence-corrected chi connectivity index (χ3v) is 3.50. The third kappa shape index (κ3) is 3.21. The van der Waals surface area contributed by atoms with E-state index >= 15 is 0 Å². The van der Waals surface area contributed by atoms with Crippen LogP contribution in [0.1, 0.15) is 29.9 Å². The number of rotatable bonds is 5. The van der Waals surface area contributed by atoms with E-state index in [2.05, 4.69) is 63.3 Å². The second-order valence-electron chi connectivity index (χ2n) is 4.35. The monoisotopic (exact) mass is 307 g/mol. The molecular formula is C14H18BrN3. The van der Waals surface area contributed by atoms with Crippen LogP contribution in [-0.2, 0) is 6.42 Å². The van der Waals surface area contributed by atoms with Gasteiger partial charge in [0.2, 0.25) is 0 Å². The van der Waals surface area contributed by atoms with Crippen molar-refractivity contribution in [1.29, 1.82) is 0 Å². The highest BCUT2D eigenvalue weighted by molar-refractivity contribution is 9.10. The lowest BCUT2D eigenvalue weighted by Crippen LogP contribution is -2.24. The fourth-order valence-corrected chi connectivity index (χ4v) is 2.65. The number of hydrogen-bond donors (Lipinski definition) is 2. The number of H-pyrrole nitrogens is 1.